The number of benzene rings is 2. The van der Waals surface area contributed by atoms with Crippen molar-refractivity contribution < 1.29 is 13.9 Å². The third kappa shape index (κ3) is 2.37. The first-order valence-corrected chi connectivity index (χ1v) is 5.48. The molecule has 0 fully saturated rings. The van der Waals surface area contributed by atoms with Gasteiger partial charge in [-0.1, -0.05) is 18.2 Å². The summed E-state index contributed by atoms with van der Waals surface area (Å²) in [5.41, 5.74) is 6.93. The van der Waals surface area contributed by atoms with Crippen LogP contribution in [0, 0.1) is 12.7 Å². The predicted molar refractivity (Wildman–Crippen MR) is 68.6 cm³/mol. The molecule has 0 saturated heterocycles. The van der Waals surface area contributed by atoms with Gasteiger partial charge in [0, 0.05) is 12.1 Å². The Labute approximate surface area is 105 Å². The van der Waals surface area contributed by atoms with Crippen LogP contribution in [0.3, 0.4) is 0 Å². The minimum absolute atomic E-state index is 0.104. The maximum absolute atomic E-state index is 13.4. The molecular formula is C14H14FNO2. The highest BCUT2D eigenvalue weighted by Crippen LogP contribution is 2.34. The van der Waals surface area contributed by atoms with Gasteiger partial charge in [-0.05, 0) is 18.6 Å². The van der Waals surface area contributed by atoms with E-state index in [0.717, 1.165) is 5.56 Å². The number of nitrogen functional groups attached to an aromatic ring is 1. The molecule has 3 nitrogen and oxygen atoms in total. The Kier molecular flexibility index (Phi) is 3.37. The summed E-state index contributed by atoms with van der Waals surface area (Å²) in [7, 11) is 1.39. The summed E-state index contributed by atoms with van der Waals surface area (Å²) in [6.07, 6.45) is 0. The van der Waals surface area contributed by atoms with Gasteiger partial charge in [0.05, 0.1) is 12.8 Å². The molecule has 0 aliphatic heterocycles. The lowest BCUT2D eigenvalue weighted by molar-refractivity contribution is 0.382. The van der Waals surface area contributed by atoms with E-state index < -0.39 is 5.82 Å². The monoisotopic (exact) mass is 247 g/mol. The quantitative estimate of drug-likeness (QED) is 0.844. The van der Waals surface area contributed by atoms with Gasteiger partial charge in [-0.25, -0.2) is 4.39 Å². The molecule has 0 unspecified atom stereocenters. The number of para-hydroxylation sites is 1. The van der Waals surface area contributed by atoms with Crippen LogP contribution in [0.1, 0.15) is 5.56 Å². The number of anilines is 1. The fourth-order valence-electron chi connectivity index (χ4n) is 1.58. The molecule has 0 atom stereocenters. The minimum Gasteiger partial charge on any atom is -0.494 e. The van der Waals surface area contributed by atoms with E-state index >= 15 is 0 Å². The van der Waals surface area contributed by atoms with Gasteiger partial charge in [-0.2, -0.15) is 0 Å². The molecule has 0 spiro atoms. The lowest BCUT2D eigenvalue weighted by Gasteiger charge is -2.12. The van der Waals surface area contributed by atoms with Crippen LogP contribution in [-0.2, 0) is 0 Å². The van der Waals surface area contributed by atoms with Crippen LogP contribution in [0.5, 0.6) is 17.2 Å². The largest absolute Gasteiger partial charge is 0.494 e. The number of methoxy groups -OCH3 is 1. The lowest BCUT2D eigenvalue weighted by atomic mass is 10.2. The Morgan fingerprint density at radius 3 is 2.44 bits per heavy atom. The molecule has 0 aliphatic carbocycles. The fourth-order valence-corrected chi connectivity index (χ4v) is 1.58. The Balaban J connectivity index is 2.38. The molecule has 0 bridgehead atoms. The minimum atomic E-state index is -0.507. The summed E-state index contributed by atoms with van der Waals surface area (Å²) in [5.74, 6) is 0.653. The van der Waals surface area contributed by atoms with E-state index in [1.807, 2.05) is 31.2 Å². The van der Waals surface area contributed by atoms with Crippen LogP contribution in [0.15, 0.2) is 36.4 Å². The molecule has 2 N–H and O–H groups in total. The van der Waals surface area contributed by atoms with E-state index in [1.165, 1.54) is 19.2 Å². The van der Waals surface area contributed by atoms with Gasteiger partial charge < -0.3 is 15.2 Å². The van der Waals surface area contributed by atoms with Crippen molar-refractivity contribution in [3.8, 4) is 17.2 Å². The zero-order valence-corrected chi connectivity index (χ0v) is 10.2. The Hall–Kier alpha value is -2.23. The molecule has 0 aromatic heterocycles. The molecule has 0 aliphatic rings. The van der Waals surface area contributed by atoms with E-state index in [-0.39, 0.29) is 11.4 Å². The molecule has 0 saturated carbocycles. The highest BCUT2D eigenvalue weighted by molar-refractivity contribution is 5.58. The lowest BCUT2D eigenvalue weighted by Crippen LogP contribution is -1.97. The van der Waals surface area contributed by atoms with Gasteiger partial charge in [-0.15, -0.1) is 0 Å². The first kappa shape index (κ1) is 12.2. The van der Waals surface area contributed by atoms with Crippen LogP contribution in [0.25, 0.3) is 0 Å². The summed E-state index contributed by atoms with van der Waals surface area (Å²) >= 11 is 0. The number of rotatable bonds is 3. The second-order valence-corrected chi connectivity index (χ2v) is 3.89. The van der Waals surface area contributed by atoms with Crippen LogP contribution in [0.4, 0.5) is 10.1 Å². The first-order chi connectivity index (χ1) is 8.61. The van der Waals surface area contributed by atoms with Crippen LogP contribution in [-0.4, -0.2) is 7.11 Å². The summed E-state index contributed by atoms with van der Waals surface area (Å²) in [5, 5.41) is 0. The highest BCUT2D eigenvalue weighted by Gasteiger charge is 2.10. The average Bonchev–Trinajstić information content (AvgIpc) is 2.35. The predicted octanol–water partition coefficient (Wildman–Crippen LogP) is 3.52. The number of ether oxygens (including phenoxy) is 2. The Morgan fingerprint density at radius 2 is 1.78 bits per heavy atom. The van der Waals surface area contributed by atoms with E-state index in [2.05, 4.69) is 0 Å². The average molecular weight is 247 g/mol. The van der Waals surface area contributed by atoms with Crippen molar-refractivity contribution in [3.63, 3.8) is 0 Å². The smallest absolute Gasteiger partial charge is 0.167 e. The third-order valence-corrected chi connectivity index (χ3v) is 2.60. The van der Waals surface area contributed by atoms with Gasteiger partial charge >= 0.3 is 0 Å². The van der Waals surface area contributed by atoms with Crippen LogP contribution < -0.4 is 15.2 Å². The molecule has 2 aromatic rings. The van der Waals surface area contributed by atoms with Gasteiger partial charge in [0.1, 0.15) is 5.75 Å². The van der Waals surface area contributed by atoms with Crippen molar-refractivity contribution in [2.45, 2.75) is 6.92 Å². The van der Waals surface area contributed by atoms with Gasteiger partial charge in [0.25, 0.3) is 0 Å². The fraction of sp³-hybridized carbons (Fsp3) is 0.143. The van der Waals surface area contributed by atoms with E-state index in [0.29, 0.717) is 11.5 Å². The normalized spacial score (nSPS) is 10.2. The number of hydrogen-bond acceptors (Lipinski definition) is 3. The molecule has 94 valence electrons. The van der Waals surface area contributed by atoms with E-state index in [1.54, 1.807) is 0 Å². The van der Waals surface area contributed by atoms with Crippen molar-refractivity contribution in [1.82, 2.24) is 0 Å². The Bertz CT molecular complexity index is 570. The Morgan fingerprint density at radius 1 is 1.06 bits per heavy atom. The molecule has 2 aromatic carbocycles. The molecule has 2 rings (SSSR count). The summed E-state index contributed by atoms with van der Waals surface area (Å²) in [6, 6.07) is 10.1. The maximum atomic E-state index is 13.4. The second kappa shape index (κ2) is 4.96. The standard InChI is InChI=1S/C14H14FNO2/c1-9-5-3-4-6-12(9)18-14-8-13(17-2)10(15)7-11(14)16/h3-8H,16H2,1-2H3. The van der Waals surface area contributed by atoms with Crippen molar-refractivity contribution in [1.29, 1.82) is 0 Å². The molecule has 4 heteroatoms. The molecule has 0 heterocycles. The van der Waals surface area contributed by atoms with Crippen molar-refractivity contribution in [2.24, 2.45) is 0 Å². The summed E-state index contributed by atoms with van der Waals surface area (Å²) in [4.78, 5) is 0. The van der Waals surface area contributed by atoms with E-state index in [9.17, 15) is 4.39 Å². The number of aryl methyl sites for hydroxylation is 1. The first-order valence-electron chi connectivity index (χ1n) is 5.48. The number of hydrogen-bond donors (Lipinski definition) is 1. The molecule has 0 radical (unpaired) electrons. The SMILES string of the molecule is COc1cc(Oc2ccccc2C)c(N)cc1F. The summed E-state index contributed by atoms with van der Waals surface area (Å²) in [6.45, 7) is 1.92. The third-order valence-electron chi connectivity index (χ3n) is 2.60. The zero-order chi connectivity index (χ0) is 13.1. The molecule has 18 heavy (non-hydrogen) atoms. The molecule has 0 amide bonds. The zero-order valence-electron chi connectivity index (χ0n) is 10.2. The van der Waals surface area contributed by atoms with Gasteiger partial charge in [0.2, 0.25) is 0 Å². The highest BCUT2D eigenvalue weighted by atomic mass is 19.1. The van der Waals surface area contributed by atoms with E-state index in [4.69, 9.17) is 15.2 Å². The summed E-state index contributed by atoms with van der Waals surface area (Å²) < 4.78 is 24.0. The second-order valence-electron chi connectivity index (χ2n) is 3.89. The van der Waals surface area contributed by atoms with Crippen LogP contribution >= 0.6 is 0 Å². The van der Waals surface area contributed by atoms with Crippen molar-refractivity contribution >= 4 is 5.69 Å². The number of halogens is 1. The van der Waals surface area contributed by atoms with Gasteiger partial charge in [0.15, 0.2) is 17.3 Å². The van der Waals surface area contributed by atoms with Crippen LogP contribution in [0.2, 0.25) is 0 Å². The molecular weight excluding hydrogens is 233 g/mol. The van der Waals surface area contributed by atoms with Gasteiger partial charge in [-0.3, -0.25) is 0 Å². The number of nitrogens with two attached hydrogens (primary N) is 1. The van der Waals surface area contributed by atoms with Crippen molar-refractivity contribution in [2.75, 3.05) is 12.8 Å². The topological polar surface area (TPSA) is 44.5 Å². The van der Waals surface area contributed by atoms with Crippen molar-refractivity contribution in [3.05, 3.63) is 47.8 Å². The maximum Gasteiger partial charge on any atom is 0.167 e.